The number of ketones is 1. The van der Waals surface area contributed by atoms with Gasteiger partial charge in [-0.05, 0) is 42.7 Å². The Morgan fingerprint density at radius 1 is 1.15 bits per heavy atom. The van der Waals surface area contributed by atoms with E-state index in [-0.39, 0.29) is 12.6 Å². The highest BCUT2D eigenvalue weighted by atomic mass is 35.5. The number of benzene rings is 1. The number of allylic oxidation sites excluding steroid dienone is 1. The number of hydrogen-bond acceptors (Lipinski definition) is 6. The number of carbonyl (C=O) groups excluding carboxylic acids is 1. The molecule has 3 aromatic rings. The maximum atomic E-state index is 12.9. The molecule has 27 heavy (non-hydrogen) atoms. The molecule has 0 saturated carbocycles. The van der Waals surface area contributed by atoms with Gasteiger partial charge in [-0.15, -0.1) is 0 Å². The van der Waals surface area contributed by atoms with Crippen molar-refractivity contribution in [2.45, 2.75) is 12.8 Å². The van der Waals surface area contributed by atoms with Crippen LogP contribution >= 0.6 is 11.6 Å². The van der Waals surface area contributed by atoms with E-state index in [4.69, 9.17) is 21.1 Å². The molecule has 2 aromatic heterocycles. The fourth-order valence-electron chi connectivity index (χ4n) is 3.33. The zero-order valence-electron chi connectivity index (χ0n) is 14.1. The van der Waals surface area contributed by atoms with E-state index in [1.54, 1.807) is 35.4 Å². The summed E-state index contributed by atoms with van der Waals surface area (Å²) >= 11 is 6.23. The standard InChI is InChI=1S/C19H13ClN4O3/c20-14-7-11(8-16-18(14)27-10-26-16)6-12-2-3-15-13(17(12)25)9-23-24(15)19-21-4-1-5-22-19/h1,4-9H,2-3,10H2. The third-order valence-electron chi connectivity index (χ3n) is 4.57. The average Bonchev–Trinajstić information content (AvgIpc) is 3.32. The van der Waals surface area contributed by atoms with Gasteiger partial charge >= 0.3 is 0 Å². The summed E-state index contributed by atoms with van der Waals surface area (Å²) in [5.41, 5.74) is 2.90. The molecule has 0 radical (unpaired) electrons. The molecule has 2 aliphatic rings. The molecular weight excluding hydrogens is 368 g/mol. The van der Waals surface area contributed by atoms with Crippen LogP contribution in [-0.4, -0.2) is 32.3 Å². The van der Waals surface area contributed by atoms with E-state index in [1.165, 1.54) is 0 Å². The number of aromatic nitrogens is 4. The van der Waals surface area contributed by atoms with Crippen molar-refractivity contribution in [3.8, 4) is 17.4 Å². The molecule has 1 aliphatic heterocycles. The van der Waals surface area contributed by atoms with Crippen molar-refractivity contribution in [2.24, 2.45) is 0 Å². The Morgan fingerprint density at radius 3 is 2.85 bits per heavy atom. The third kappa shape index (κ3) is 2.67. The molecule has 0 bridgehead atoms. The Kier molecular flexibility index (Phi) is 3.68. The molecule has 5 rings (SSSR count). The van der Waals surface area contributed by atoms with E-state index >= 15 is 0 Å². The summed E-state index contributed by atoms with van der Waals surface area (Å²) in [4.78, 5) is 21.3. The van der Waals surface area contributed by atoms with Gasteiger partial charge in [0.15, 0.2) is 17.3 Å². The van der Waals surface area contributed by atoms with Crippen LogP contribution in [0, 0.1) is 0 Å². The first-order chi connectivity index (χ1) is 13.2. The Balaban J connectivity index is 1.50. The number of ether oxygens (including phenoxy) is 2. The van der Waals surface area contributed by atoms with Crippen molar-refractivity contribution >= 4 is 23.5 Å². The SMILES string of the molecule is O=C1C(=Cc2cc(Cl)c3c(c2)OCO3)CCc2c1cnn2-c1ncccn1. The third-order valence-corrected chi connectivity index (χ3v) is 4.85. The van der Waals surface area contributed by atoms with Gasteiger partial charge in [-0.2, -0.15) is 5.10 Å². The van der Waals surface area contributed by atoms with Gasteiger partial charge in [-0.3, -0.25) is 4.79 Å². The Morgan fingerprint density at radius 2 is 2.00 bits per heavy atom. The van der Waals surface area contributed by atoms with Crippen molar-refractivity contribution in [3.63, 3.8) is 0 Å². The Bertz CT molecular complexity index is 1090. The van der Waals surface area contributed by atoms with E-state index in [0.717, 1.165) is 11.3 Å². The summed E-state index contributed by atoms with van der Waals surface area (Å²) in [6, 6.07) is 5.33. The van der Waals surface area contributed by atoms with E-state index in [1.807, 2.05) is 12.1 Å². The summed E-state index contributed by atoms with van der Waals surface area (Å²) in [7, 11) is 0. The minimum atomic E-state index is -0.0489. The predicted molar refractivity (Wildman–Crippen MR) is 97.4 cm³/mol. The van der Waals surface area contributed by atoms with E-state index in [0.29, 0.717) is 46.4 Å². The van der Waals surface area contributed by atoms with Gasteiger partial charge < -0.3 is 9.47 Å². The number of Topliss-reactive ketones (excluding diaryl/α,β-unsaturated/α-hetero) is 1. The topological polar surface area (TPSA) is 79.1 Å². The van der Waals surface area contributed by atoms with Crippen LogP contribution in [0.5, 0.6) is 11.5 Å². The highest BCUT2D eigenvalue weighted by Gasteiger charge is 2.27. The van der Waals surface area contributed by atoms with Gasteiger partial charge in [-0.1, -0.05) is 11.6 Å². The fraction of sp³-hybridized carbons (Fsp3) is 0.158. The van der Waals surface area contributed by atoms with Gasteiger partial charge in [0.25, 0.3) is 5.95 Å². The second-order valence-corrected chi connectivity index (χ2v) is 6.61. The molecule has 3 heterocycles. The molecule has 0 atom stereocenters. The van der Waals surface area contributed by atoms with Crippen molar-refractivity contribution in [3.05, 3.63) is 64.2 Å². The van der Waals surface area contributed by atoms with E-state index < -0.39 is 0 Å². The summed E-state index contributed by atoms with van der Waals surface area (Å²) in [6.07, 6.45) is 7.98. The lowest BCUT2D eigenvalue weighted by atomic mass is 9.90. The van der Waals surface area contributed by atoms with E-state index in [2.05, 4.69) is 15.1 Å². The lowest BCUT2D eigenvalue weighted by Gasteiger charge is -2.15. The van der Waals surface area contributed by atoms with Crippen molar-refractivity contribution in [2.75, 3.05) is 6.79 Å². The number of carbonyl (C=O) groups is 1. The molecule has 0 fully saturated rings. The van der Waals surface area contributed by atoms with Crippen LogP contribution in [0.15, 0.2) is 42.4 Å². The maximum absolute atomic E-state index is 12.9. The van der Waals surface area contributed by atoms with Gasteiger partial charge in [0, 0.05) is 18.0 Å². The molecule has 0 unspecified atom stereocenters. The van der Waals surface area contributed by atoms with Crippen LogP contribution in [0.25, 0.3) is 12.0 Å². The molecule has 0 amide bonds. The Hall–Kier alpha value is -3.19. The Labute approximate surface area is 159 Å². The van der Waals surface area contributed by atoms with Crippen LogP contribution in [0.2, 0.25) is 5.02 Å². The summed E-state index contributed by atoms with van der Waals surface area (Å²) in [5.74, 6) is 1.54. The quantitative estimate of drug-likeness (QED) is 0.635. The first-order valence-electron chi connectivity index (χ1n) is 8.39. The summed E-state index contributed by atoms with van der Waals surface area (Å²) in [6.45, 7) is 0.151. The number of hydrogen-bond donors (Lipinski definition) is 0. The second-order valence-electron chi connectivity index (χ2n) is 6.20. The molecule has 0 saturated heterocycles. The first kappa shape index (κ1) is 16.0. The van der Waals surface area contributed by atoms with Crippen LogP contribution in [0.1, 0.15) is 28.0 Å². The van der Waals surface area contributed by atoms with E-state index in [9.17, 15) is 4.79 Å². The van der Waals surface area contributed by atoms with Crippen LogP contribution < -0.4 is 9.47 Å². The molecular formula is C19H13ClN4O3. The highest BCUT2D eigenvalue weighted by molar-refractivity contribution is 6.32. The van der Waals surface area contributed by atoms with Gasteiger partial charge in [-0.25, -0.2) is 14.6 Å². The van der Waals surface area contributed by atoms with Crippen molar-refractivity contribution < 1.29 is 14.3 Å². The number of rotatable bonds is 2. The fourth-order valence-corrected chi connectivity index (χ4v) is 3.60. The monoisotopic (exact) mass is 380 g/mol. The molecule has 0 N–H and O–H groups in total. The molecule has 7 nitrogen and oxygen atoms in total. The van der Waals surface area contributed by atoms with Crippen molar-refractivity contribution in [1.29, 1.82) is 0 Å². The average molecular weight is 381 g/mol. The largest absolute Gasteiger partial charge is 0.454 e. The minimum Gasteiger partial charge on any atom is -0.454 e. The summed E-state index contributed by atoms with van der Waals surface area (Å²) in [5, 5.41) is 4.77. The highest BCUT2D eigenvalue weighted by Crippen LogP contribution is 2.40. The van der Waals surface area contributed by atoms with Crippen LogP contribution in [0.4, 0.5) is 0 Å². The maximum Gasteiger partial charge on any atom is 0.250 e. The first-order valence-corrected chi connectivity index (χ1v) is 8.77. The lowest BCUT2D eigenvalue weighted by molar-refractivity contribution is 0.102. The van der Waals surface area contributed by atoms with Gasteiger partial charge in [0.2, 0.25) is 6.79 Å². The van der Waals surface area contributed by atoms with Crippen molar-refractivity contribution in [1.82, 2.24) is 19.7 Å². The second kappa shape index (κ2) is 6.21. The molecule has 1 aliphatic carbocycles. The lowest BCUT2D eigenvalue weighted by Crippen LogP contribution is -2.16. The van der Waals surface area contributed by atoms with Crippen LogP contribution in [-0.2, 0) is 6.42 Å². The number of nitrogens with zero attached hydrogens (tertiary/aromatic N) is 4. The molecule has 1 aromatic carbocycles. The normalized spacial score (nSPS) is 16.6. The predicted octanol–water partition coefficient (Wildman–Crippen LogP) is 3.26. The smallest absolute Gasteiger partial charge is 0.250 e. The zero-order chi connectivity index (χ0) is 18.4. The minimum absolute atomic E-state index is 0.0489. The molecule has 0 spiro atoms. The zero-order valence-corrected chi connectivity index (χ0v) is 14.8. The molecule has 8 heteroatoms. The van der Waals surface area contributed by atoms with Crippen LogP contribution in [0.3, 0.4) is 0 Å². The van der Waals surface area contributed by atoms with Gasteiger partial charge in [0.05, 0.1) is 22.5 Å². The molecule has 134 valence electrons. The number of halogens is 1. The number of fused-ring (bicyclic) bond motifs is 2. The van der Waals surface area contributed by atoms with Gasteiger partial charge in [0.1, 0.15) is 0 Å². The summed E-state index contributed by atoms with van der Waals surface area (Å²) < 4.78 is 12.3.